The molecule has 8 nitrogen and oxygen atoms in total. The maximum absolute atomic E-state index is 12.2. The Kier molecular flexibility index (Phi) is 5.01. The number of nitrogens with two attached hydrogens (primary N) is 1. The van der Waals surface area contributed by atoms with Gasteiger partial charge in [-0.05, 0) is 59.3 Å². The van der Waals surface area contributed by atoms with Crippen molar-refractivity contribution < 1.29 is 14.3 Å². The number of halogens is 1. The highest BCUT2D eigenvalue weighted by Gasteiger charge is 2.19. The van der Waals surface area contributed by atoms with Crippen molar-refractivity contribution in [1.29, 1.82) is 0 Å². The van der Waals surface area contributed by atoms with Crippen LogP contribution in [0.4, 0.5) is 11.6 Å². The summed E-state index contributed by atoms with van der Waals surface area (Å²) in [5.74, 6) is -0.286. The number of amides is 1. The van der Waals surface area contributed by atoms with Gasteiger partial charge in [0, 0.05) is 27.3 Å². The third kappa shape index (κ3) is 3.47. The fraction of sp³-hybridized carbons (Fsp3) is 0.150. The number of aliphatic hydroxyl groups is 1. The van der Waals surface area contributed by atoms with Crippen LogP contribution in [0, 0.1) is 10.5 Å². The quantitative estimate of drug-likeness (QED) is 0.284. The van der Waals surface area contributed by atoms with Crippen LogP contribution in [0.5, 0.6) is 0 Å². The molecule has 29 heavy (non-hydrogen) atoms. The number of rotatable bonds is 5. The predicted octanol–water partition coefficient (Wildman–Crippen LogP) is 2.89. The van der Waals surface area contributed by atoms with E-state index in [0.717, 1.165) is 9.26 Å². The number of aromatic nitrogens is 2. The minimum atomic E-state index is -0.829. The molecular weight excluding hydrogens is 487 g/mol. The van der Waals surface area contributed by atoms with E-state index in [1.54, 1.807) is 19.1 Å². The lowest BCUT2D eigenvalue weighted by Gasteiger charge is -2.10. The first-order chi connectivity index (χ1) is 13.9. The molecule has 4 rings (SSSR count). The molecule has 0 saturated heterocycles. The van der Waals surface area contributed by atoms with Crippen LogP contribution >= 0.6 is 22.6 Å². The molecule has 2 aromatic carbocycles. The molecule has 0 unspecified atom stereocenters. The van der Waals surface area contributed by atoms with Crippen LogP contribution < -0.4 is 16.7 Å². The molecule has 0 aliphatic carbocycles. The number of fused-ring (bicyclic) bond motifs is 2. The summed E-state index contributed by atoms with van der Waals surface area (Å²) < 4.78 is 8.22. The Labute approximate surface area is 178 Å². The van der Waals surface area contributed by atoms with Crippen molar-refractivity contribution in [2.24, 2.45) is 5.73 Å². The third-order valence-corrected chi connectivity index (χ3v) is 5.36. The third-order valence-electron chi connectivity index (χ3n) is 4.69. The normalized spacial score (nSPS) is 11.3. The molecule has 148 valence electrons. The van der Waals surface area contributed by atoms with Crippen molar-refractivity contribution in [3.05, 3.63) is 61.5 Å². The first-order valence-electron chi connectivity index (χ1n) is 8.80. The van der Waals surface area contributed by atoms with Crippen molar-refractivity contribution >= 4 is 62.1 Å². The Morgan fingerprint density at radius 1 is 1.34 bits per heavy atom. The number of anilines is 2. The summed E-state index contributed by atoms with van der Waals surface area (Å²) in [4.78, 5) is 28.5. The molecule has 4 aromatic rings. The van der Waals surface area contributed by atoms with Crippen LogP contribution in [-0.2, 0) is 6.54 Å². The van der Waals surface area contributed by atoms with Crippen LogP contribution in [0.1, 0.15) is 15.9 Å². The number of carbonyl (C=O) groups is 1. The summed E-state index contributed by atoms with van der Waals surface area (Å²) in [5, 5.41) is 13.4. The summed E-state index contributed by atoms with van der Waals surface area (Å²) in [6.07, 6.45) is 0. The lowest BCUT2D eigenvalue weighted by molar-refractivity contribution is 0.0996. The van der Waals surface area contributed by atoms with Gasteiger partial charge in [-0.25, -0.2) is 9.78 Å². The molecule has 0 radical (unpaired) electrons. The second-order valence-electron chi connectivity index (χ2n) is 6.54. The zero-order chi connectivity index (χ0) is 20.7. The number of aliphatic hydroxyl groups excluding tert-OH is 1. The van der Waals surface area contributed by atoms with Crippen molar-refractivity contribution in [1.82, 2.24) is 9.55 Å². The highest BCUT2D eigenvalue weighted by molar-refractivity contribution is 14.1. The number of primary amides is 1. The van der Waals surface area contributed by atoms with E-state index in [1.165, 1.54) is 0 Å². The van der Waals surface area contributed by atoms with E-state index in [1.807, 2.05) is 28.8 Å². The van der Waals surface area contributed by atoms with Crippen molar-refractivity contribution in [3.63, 3.8) is 0 Å². The van der Waals surface area contributed by atoms with Gasteiger partial charge in [-0.3, -0.25) is 4.79 Å². The van der Waals surface area contributed by atoms with E-state index >= 15 is 0 Å². The first kappa shape index (κ1) is 19.4. The number of imidazole rings is 1. The van der Waals surface area contributed by atoms with Gasteiger partial charge >= 0.3 is 5.63 Å². The highest BCUT2D eigenvalue weighted by atomic mass is 127. The Bertz CT molecular complexity index is 1330. The predicted molar refractivity (Wildman–Crippen MR) is 119 cm³/mol. The van der Waals surface area contributed by atoms with Gasteiger partial charge in [0.1, 0.15) is 11.1 Å². The summed E-state index contributed by atoms with van der Waals surface area (Å²) in [6, 6.07) is 11.2. The number of carbonyl (C=O) groups excluding carboxylic acids is 1. The molecule has 0 bridgehead atoms. The molecule has 4 N–H and O–H groups in total. The summed E-state index contributed by atoms with van der Waals surface area (Å²) in [6.45, 7) is 1.87. The van der Waals surface area contributed by atoms with E-state index in [-0.39, 0.29) is 12.2 Å². The van der Waals surface area contributed by atoms with Gasteiger partial charge in [0.25, 0.3) is 5.91 Å². The van der Waals surface area contributed by atoms with Crippen molar-refractivity contribution in [2.45, 2.75) is 13.5 Å². The van der Waals surface area contributed by atoms with Crippen LogP contribution in [0.25, 0.3) is 22.0 Å². The SMILES string of the molecule is Cc1c(C(N)=O)c(=O)oc2cc3c(cc12)nc(Nc1cccc(I)c1)n3CCO. The molecule has 2 heterocycles. The lowest BCUT2D eigenvalue weighted by atomic mass is 10.1. The number of nitrogens with one attached hydrogen (secondary N) is 1. The smallest absolute Gasteiger partial charge is 0.349 e. The fourth-order valence-electron chi connectivity index (χ4n) is 3.37. The molecule has 0 spiro atoms. The summed E-state index contributed by atoms with van der Waals surface area (Å²) >= 11 is 2.23. The number of benzene rings is 2. The molecule has 0 aliphatic rings. The minimum Gasteiger partial charge on any atom is -0.422 e. The second kappa shape index (κ2) is 7.48. The minimum absolute atomic E-state index is 0.0892. The zero-order valence-corrected chi connectivity index (χ0v) is 17.6. The molecule has 1 amide bonds. The van der Waals surface area contributed by atoms with Gasteiger partial charge in [-0.1, -0.05) is 6.07 Å². The maximum Gasteiger partial charge on any atom is 0.349 e. The van der Waals surface area contributed by atoms with Gasteiger partial charge in [-0.15, -0.1) is 0 Å². The van der Waals surface area contributed by atoms with Gasteiger partial charge in [-0.2, -0.15) is 0 Å². The molecule has 9 heteroatoms. The molecule has 0 fully saturated rings. The zero-order valence-electron chi connectivity index (χ0n) is 15.4. The average Bonchev–Trinajstić information content (AvgIpc) is 2.97. The second-order valence-corrected chi connectivity index (χ2v) is 7.78. The molecule has 0 atom stereocenters. The number of aryl methyl sites for hydroxylation is 1. The van der Waals surface area contributed by atoms with Crippen LogP contribution in [0.15, 0.2) is 45.6 Å². The molecule has 0 aliphatic heterocycles. The Hall–Kier alpha value is -2.92. The van der Waals surface area contributed by atoms with Gasteiger partial charge in [0.15, 0.2) is 0 Å². The van der Waals surface area contributed by atoms with Gasteiger partial charge < -0.3 is 25.1 Å². The highest BCUT2D eigenvalue weighted by Crippen LogP contribution is 2.29. The van der Waals surface area contributed by atoms with E-state index in [9.17, 15) is 14.7 Å². The maximum atomic E-state index is 12.2. The standard InChI is InChI=1S/C20H17IN4O4/c1-10-13-8-14-15(9-16(13)29-19(28)17(10)18(22)27)25(5-6-26)20(24-14)23-12-4-2-3-11(21)7-12/h2-4,7-9,26H,5-6H2,1H3,(H2,22,27)(H,23,24). The number of hydrogen-bond acceptors (Lipinski definition) is 6. The summed E-state index contributed by atoms with van der Waals surface area (Å²) in [7, 11) is 0. The Balaban J connectivity index is 1.95. The van der Waals surface area contributed by atoms with Crippen molar-refractivity contribution in [2.75, 3.05) is 11.9 Å². The summed E-state index contributed by atoms with van der Waals surface area (Å²) in [5.41, 5.74) is 7.35. The first-order valence-corrected chi connectivity index (χ1v) is 9.88. The van der Waals surface area contributed by atoms with Crippen LogP contribution in [0.3, 0.4) is 0 Å². The van der Waals surface area contributed by atoms with E-state index in [0.29, 0.717) is 40.1 Å². The largest absolute Gasteiger partial charge is 0.422 e. The fourth-order valence-corrected chi connectivity index (χ4v) is 3.91. The van der Waals surface area contributed by atoms with E-state index < -0.39 is 11.5 Å². The monoisotopic (exact) mass is 504 g/mol. The van der Waals surface area contributed by atoms with Crippen LogP contribution in [-0.4, -0.2) is 27.2 Å². The van der Waals surface area contributed by atoms with Crippen molar-refractivity contribution in [3.8, 4) is 0 Å². The lowest BCUT2D eigenvalue weighted by Crippen LogP contribution is -2.22. The molecular formula is C20H17IN4O4. The average molecular weight is 504 g/mol. The van der Waals surface area contributed by atoms with E-state index in [2.05, 4.69) is 32.9 Å². The Morgan fingerprint density at radius 3 is 2.83 bits per heavy atom. The molecule has 2 aromatic heterocycles. The van der Waals surface area contributed by atoms with E-state index in [4.69, 9.17) is 10.2 Å². The van der Waals surface area contributed by atoms with Gasteiger partial charge in [0.2, 0.25) is 5.95 Å². The Morgan fingerprint density at radius 2 is 2.14 bits per heavy atom. The van der Waals surface area contributed by atoms with Crippen LogP contribution in [0.2, 0.25) is 0 Å². The topological polar surface area (TPSA) is 123 Å². The van der Waals surface area contributed by atoms with Gasteiger partial charge in [0.05, 0.1) is 17.6 Å². The number of hydrogen-bond donors (Lipinski definition) is 3. The number of nitrogens with zero attached hydrogens (tertiary/aromatic N) is 2. The molecule has 0 saturated carbocycles.